The second kappa shape index (κ2) is 5.82. The maximum absolute atomic E-state index is 13.3. The monoisotopic (exact) mass is 365 g/mol. The van der Waals surface area contributed by atoms with Gasteiger partial charge in [0.15, 0.2) is 0 Å². The van der Waals surface area contributed by atoms with Crippen molar-refractivity contribution in [1.82, 2.24) is 14.3 Å². The lowest BCUT2D eigenvalue weighted by Gasteiger charge is -2.35. The third kappa shape index (κ3) is 2.41. The zero-order valence-electron chi connectivity index (χ0n) is 13.3. The summed E-state index contributed by atoms with van der Waals surface area (Å²) in [6, 6.07) is 12.1. The number of carbonyl (C=O) groups excluding carboxylic acids is 1. The van der Waals surface area contributed by atoms with Crippen molar-refractivity contribution >= 4 is 34.2 Å². The van der Waals surface area contributed by atoms with E-state index in [1.54, 1.807) is 22.7 Å². The van der Waals surface area contributed by atoms with Crippen LogP contribution in [-0.4, -0.2) is 26.7 Å². The Morgan fingerprint density at radius 2 is 2.08 bits per heavy atom. The highest BCUT2D eigenvalue weighted by atomic mass is 32.1. The molecular weight excluding hydrogens is 350 g/mol. The highest BCUT2D eigenvalue weighted by Crippen LogP contribution is 2.40. The standard InChI is InChI=1S/C19H15N3OS2/c23-19(14-12-21-8-2-1-5-17(21)20-14)22-9-6-15-13(7-11-25-15)18(22)16-4-3-10-24-16/h1-5,7-8,10-12,18H,6,9H2/t18-/m0/s1. The summed E-state index contributed by atoms with van der Waals surface area (Å²) in [7, 11) is 0. The van der Waals surface area contributed by atoms with E-state index in [9.17, 15) is 4.79 Å². The van der Waals surface area contributed by atoms with Gasteiger partial charge in [0.2, 0.25) is 0 Å². The van der Waals surface area contributed by atoms with Gasteiger partial charge in [-0.2, -0.15) is 0 Å². The zero-order valence-corrected chi connectivity index (χ0v) is 15.0. The van der Waals surface area contributed by atoms with Crippen molar-refractivity contribution < 1.29 is 4.79 Å². The molecule has 0 N–H and O–H groups in total. The van der Waals surface area contributed by atoms with Gasteiger partial charge in [0.25, 0.3) is 5.91 Å². The molecule has 4 nitrogen and oxygen atoms in total. The number of thiophene rings is 2. The fourth-order valence-corrected chi connectivity index (χ4v) is 5.23. The molecule has 0 bridgehead atoms. The second-order valence-electron chi connectivity index (χ2n) is 6.06. The number of hydrogen-bond acceptors (Lipinski definition) is 4. The number of rotatable bonds is 2. The fraction of sp³-hybridized carbons (Fsp3) is 0.158. The second-order valence-corrected chi connectivity index (χ2v) is 8.04. The minimum atomic E-state index is -0.00712. The van der Waals surface area contributed by atoms with Crippen molar-refractivity contribution in [3.05, 3.63) is 80.6 Å². The van der Waals surface area contributed by atoms with E-state index in [4.69, 9.17) is 0 Å². The molecule has 0 unspecified atom stereocenters. The molecular formula is C19H15N3OS2. The van der Waals surface area contributed by atoms with E-state index in [1.165, 1.54) is 15.3 Å². The molecule has 5 heterocycles. The van der Waals surface area contributed by atoms with Crippen LogP contribution in [0.4, 0.5) is 0 Å². The summed E-state index contributed by atoms with van der Waals surface area (Å²) >= 11 is 3.49. The van der Waals surface area contributed by atoms with E-state index in [0.29, 0.717) is 5.69 Å². The number of carbonyl (C=O) groups is 1. The Bertz CT molecular complexity index is 1010. The maximum atomic E-state index is 13.3. The van der Waals surface area contributed by atoms with Gasteiger partial charge in [0, 0.05) is 28.7 Å². The molecule has 25 heavy (non-hydrogen) atoms. The van der Waals surface area contributed by atoms with Crippen LogP contribution < -0.4 is 0 Å². The predicted molar refractivity (Wildman–Crippen MR) is 100 cm³/mol. The normalized spacial score (nSPS) is 17.0. The average molecular weight is 365 g/mol. The molecule has 4 aromatic heterocycles. The molecule has 0 fully saturated rings. The molecule has 0 saturated carbocycles. The highest BCUT2D eigenvalue weighted by molar-refractivity contribution is 7.10. The van der Waals surface area contributed by atoms with Gasteiger partial charge < -0.3 is 9.30 Å². The van der Waals surface area contributed by atoms with E-state index >= 15 is 0 Å². The number of pyridine rings is 1. The van der Waals surface area contributed by atoms with Crippen LogP contribution in [0.1, 0.15) is 31.8 Å². The van der Waals surface area contributed by atoms with Crippen LogP contribution in [-0.2, 0) is 6.42 Å². The number of hydrogen-bond donors (Lipinski definition) is 0. The lowest BCUT2D eigenvalue weighted by molar-refractivity contribution is 0.0693. The summed E-state index contributed by atoms with van der Waals surface area (Å²) in [5.41, 5.74) is 2.56. The van der Waals surface area contributed by atoms with E-state index in [1.807, 2.05) is 46.0 Å². The SMILES string of the molecule is O=C(c1cn2ccccc2n1)N1CCc2sccc2[C@H]1c1cccs1. The lowest BCUT2D eigenvalue weighted by atomic mass is 9.98. The first-order chi connectivity index (χ1) is 12.3. The minimum absolute atomic E-state index is 0.000972. The number of amides is 1. The number of fused-ring (bicyclic) bond motifs is 2. The molecule has 1 atom stereocenters. The van der Waals surface area contributed by atoms with Crippen LogP contribution in [0, 0.1) is 0 Å². The summed E-state index contributed by atoms with van der Waals surface area (Å²) in [6.07, 6.45) is 4.66. The van der Waals surface area contributed by atoms with Crippen molar-refractivity contribution in [2.45, 2.75) is 12.5 Å². The van der Waals surface area contributed by atoms with Gasteiger partial charge in [0.1, 0.15) is 11.3 Å². The summed E-state index contributed by atoms with van der Waals surface area (Å²) in [6.45, 7) is 0.725. The molecule has 6 heteroatoms. The Morgan fingerprint density at radius 3 is 2.92 bits per heavy atom. The summed E-state index contributed by atoms with van der Waals surface area (Å²) in [4.78, 5) is 22.4. The maximum Gasteiger partial charge on any atom is 0.274 e. The first-order valence-electron chi connectivity index (χ1n) is 8.15. The van der Waals surface area contributed by atoms with E-state index in [-0.39, 0.29) is 11.9 Å². The topological polar surface area (TPSA) is 37.6 Å². The molecule has 0 radical (unpaired) electrons. The van der Waals surface area contributed by atoms with E-state index in [0.717, 1.165) is 18.6 Å². The quantitative estimate of drug-likeness (QED) is 0.533. The Kier molecular flexibility index (Phi) is 3.46. The van der Waals surface area contributed by atoms with Gasteiger partial charge in [-0.15, -0.1) is 22.7 Å². The molecule has 0 aliphatic carbocycles. The zero-order chi connectivity index (χ0) is 16.8. The summed E-state index contributed by atoms with van der Waals surface area (Å²) in [5, 5.41) is 4.20. The molecule has 4 aromatic rings. The molecule has 0 aromatic carbocycles. The van der Waals surface area contributed by atoms with Gasteiger partial charge in [0.05, 0.1) is 6.04 Å². The van der Waals surface area contributed by atoms with Gasteiger partial charge in [-0.3, -0.25) is 4.79 Å². The highest BCUT2D eigenvalue weighted by Gasteiger charge is 2.34. The van der Waals surface area contributed by atoms with Crippen molar-refractivity contribution in [3.8, 4) is 0 Å². The number of imidazole rings is 1. The molecule has 0 spiro atoms. The van der Waals surface area contributed by atoms with E-state index in [2.05, 4.69) is 27.9 Å². The molecule has 5 rings (SSSR count). The smallest absolute Gasteiger partial charge is 0.274 e. The van der Waals surface area contributed by atoms with Crippen LogP contribution >= 0.6 is 22.7 Å². The van der Waals surface area contributed by atoms with Crippen molar-refractivity contribution in [2.75, 3.05) is 6.54 Å². The minimum Gasteiger partial charge on any atom is -0.325 e. The molecule has 1 aliphatic heterocycles. The van der Waals surface area contributed by atoms with Crippen LogP contribution in [0.25, 0.3) is 5.65 Å². The van der Waals surface area contributed by atoms with Gasteiger partial charge in [-0.1, -0.05) is 12.1 Å². The van der Waals surface area contributed by atoms with Crippen LogP contribution in [0.2, 0.25) is 0 Å². The Morgan fingerprint density at radius 1 is 1.12 bits per heavy atom. The molecule has 124 valence electrons. The van der Waals surface area contributed by atoms with Crippen molar-refractivity contribution in [2.24, 2.45) is 0 Å². The Hall–Kier alpha value is -2.44. The van der Waals surface area contributed by atoms with Crippen LogP contribution in [0.5, 0.6) is 0 Å². The summed E-state index contributed by atoms with van der Waals surface area (Å²) in [5.74, 6) is -0.000972. The number of aromatic nitrogens is 2. The third-order valence-corrected chi connectivity index (χ3v) is 6.54. The largest absolute Gasteiger partial charge is 0.325 e. The number of nitrogens with zero attached hydrogens (tertiary/aromatic N) is 3. The first-order valence-corrected chi connectivity index (χ1v) is 9.91. The Balaban J connectivity index is 1.58. The van der Waals surface area contributed by atoms with Gasteiger partial charge in [-0.25, -0.2) is 4.98 Å². The predicted octanol–water partition coefficient (Wildman–Crippen LogP) is 4.25. The lowest BCUT2D eigenvalue weighted by Crippen LogP contribution is -2.39. The van der Waals surface area contributed by atoms with Crippen molar-refractivity contribution in [1.29, 1.82) is 0 Å². The first kappa shape index (κ1) is 14.9. The molecule has 1 amide bonds. The third-order valence-electron chi connectivity index (χ3n) is 4.62. The van der Waals surface area contributed by atoms with Gasteiger partial charge in [-0.05, 0) is 47.0 Å². The van der Waals surface area contributed by atoms with Crippen molar-refractivity contribution in [3.63, 3.8) is 0 Å². The van der Waals surface area contributed by atoms with E-state index < -0.39 is 0 Å². The Labute approximate surface area is 153 Å². The molecule has 0 saturated heterocycles. The summed E-state index contributed by atoms with van der Waals surface area (Å²) < 4.78 is 1.90. The van der Waals surface area contributed by atoms with Gasteiger partial charge >= 0.3 is 0 Å². The fourth-order valence-electron chi connectivity index (χ4n) is 3.47. The van der Waals surface area contributed by atoms with Crippen LogP contribution in [0.15, 0.2) is 59.6 Å². The van der Waals surface area contributed by atoms with Crippen LogP contribution in [0.3, 0.4) is 0 Å². The average Bonchev–Trinajstić information content (AvgIpc) is 3.39. The molecule has 1 aliphatic rings.